The van der Waals surface area contributed by atoms with E-state index in [9.17, 15) is 9.59 Å². The van der Waals surface area contributed by atoms with Crippen LogP contribution in [-0.4, -0.2) is 25.2 Å². The Morgan fingerprint density at radius 1 is 1.00 bits per heavy atom. The average Bonchev–Trinajstić information content (AvgIpc) is 2.45. The molecule has 0 aliphatic heterocycles. The molecule has 1 aromatic rings. The molecule has 0 saturated heterocycles. The first-order chi connectivity index (χ1) is 9.60. The van der Waals surface area contributed by atoms with E-state index in [1.54, 1.807) is 13.8 Å². The molecule has 0 amide bonds. The van der Waals surface area contributed by atoms with E-state index in [1.807, 2.05) is 37.3 Å². The van der Waals surface area contributed by atoms with Crippen LogP contribution in [0.4, 0.5) is 0 Å². The van der Waals surface area contributed by atoms with E-state index in [4.69, 9.17) is 9.47 Å². The number of hydrogen-bond donors (Lipinski definition) is 0. The van der Waals surface area contributed by atoms with Gasteiger partial charge in [0.25, 0.3) is 0 Å². The summed E-state index contributed by atoms with van der Waals surface area (Å²) in [7, 11) is 0. The fourth-order valence-corrected chi connectivity index (χ4v) is 2.05. The summed E-state index contributed by atoms with van der Waals surface area (Å²) in [5.74, 6) is -1.79. The molecule has 0 spiro atoms. The fraction of sp³-hybridized carbons (Fsp3) is 0.500. The Balaban J connectivity index is 2.78. The number of hydrogen-bond acceptors (Lipinski definition) is 4. The zero-order valence-corrected chi connectivity index (χ0v) is 12.3. The summed E-state index contributed by atoms with van der Waals surface area (Å²) < 4.78 is 9.94. The van der Waals surface area contributed by atoms with Crippen LogP contribution in [0.2, 0.25) is 0 Å². The molecule has 110 valence electrons. The molecule has 0 radical (unpaired) electrons. The molecule has 20 heavy (non-hydrogen) atoms. The van der Waals surface area contributed by atoms with Crippen molar-refractivity contribution in [3.8, 4) is 0 Å². The van der Waals surface area contributed by atoms with Crippen LogP contribution in [0.15, 0.2) is 30.3 Å². The highest BCUT2D eigenvalue weighted by molar-refractivity contribution is 5.95. The van der Waals surface area contributed by atoms with Crippen molar-refractivity contribution in [1.29, 1.82) is 0 Å². The van der Waals surface area contributed by atoms with Crippen molar-refractivity contribution in [3.05, 3.63) is 35.9 Å². The van der Waals surface area contributed by atoms with E-state index in [-0.39, 0.29) is 19.1 Å². The van der Waals surface area contributed by atoms with Crippen LogP contribution in [0.1, 0.15) is 38.7 Å². The summed E-state index contributed by atoms with van der Waals surface area (Å²) in [5.41, 5.74) is 1.09. The lowest BCUT2D eigenvalue weighted by atomic mass is 9.90. The van der Waals surface area contributed by atoms with E-state index in [1.165, 1.54) is 0 Å². The topological polar surface area (TPSA) is 52.6 Å². The number of esters is 2. The lowest BCUT2D eigenvalue weighted by Crippen LogP contribution is -2.29. The molecule has 1 aromatic carbocycles. The second-order valence-electron chi connectivity index (χ2n) is 4.60. The highest BCUT2D eigenvalue weighted by Crippen LogP contribution is 2.24. The van der Waals surface area contributed by atoms with Gasteiger partial charge in [0.2, 0.25) is 0 Å². The number of benzene rings is 1. The van der Waals surface area contributed by atoms with Crippen LogP contribution in [0.5, 0.6) is 0 Å². The Kier molecular flexibility index (Phi) is 6.77. The van der Waals surface area contributed by atoms with Crippen LogP contribution < -0.4 is 0 Å². The van der Waals surface area contributed by atoms with Gasteiger partial charge in [-0.3, -0.25) is 9.59 Å². The second kappa shape index (κ2) is 8.35. The van der Waals surface area contributed by atoms with Crippen molar-refractivity contribution >= 4 is 11.9 Å². The normalized spacial score (nSPS) is 12.0. The molecule has 0 aliphatic rings. The highest BCUT2D eigenvalue weighted by atomic mass is 16.6. The summed E-state index contributed by atoms with van der Waals surface area (Å²) in [6, 6.07) is 9.78. The second-order valence-corrected chi connectivity index (χ2v) is 4.60. The maximum Gasteiger partial charge on any atom is 0.320 e. The third-order valence-electron chi connectivity index (χ3n) is 3.10. The summed E-state index contributed by atoms with van der Waals surface area (Å²) >= 11 is 0. The minimum absolute atomic E-state index is 0.0787. The van der Waals surface area contributed by atoms with Gasteiger partial charge in [-0.1, -0.05) is 37.3 Å². The van der Waals surface area contributed by atoms with Crippen LogP contribution in [0.25, 0.3) is 0 Å². The molecule has 4 nitrogen and oxygen atoms in total. The van der Waals surface area contributed by atoms with E-state index in [0.29, 0.717) is 6.42 Å². The van der Waals surface area contributed by atoms with Gasteiger partial charge in [-0.15, -0.1) is 0 Å². The van der Waals surface area contributed by atoms with Crippen molar-refractivity contribution < 1.29 is 19.1 Å². The molecule has 0 saturated carbocycles. The summed E-state index contributed by atoms with van der Waals surface area (Å²) in [6.07, 6.45) is 0.391. The number of carbonyl (C=O) groups excluding carboxylic acids is 2. The molecular formula is C16H22O4. The Labute approximate surface area is 120 Å². The van der Waals surface area contributed by atoms with Gasteiger partial charge in [0.1, 0.15) is 0 Å². The van der Waals surface area contributed by atoms with Crippen molar-refractivity contribution in [2.24, 2.45) is 5.92 Å². The first-order valence-corrected chi connectivity index (χ1v) is 6.98. The molecule has 0 bridgehead atoms. The minimum atomic E-state index is -0.856. The zero-order valence-electron chi connectivity index (χ0n) is 12.3. The zero-order chi connectivity index (χ0) is 15.0. The minimum Gasteiger partial charge on any atom is -0.465 e. The van der Waals surface area contributed by atoms with E-state index in [2.05, 4.69) is 0 Å². The van der Waals surface area contributed by atoms with Gasteiger partial charge < -0.3 is 9.47 Å². The van der Waals surface area contributed by atoms with E-state index < -0.39 is 17.9 Å². The molecule has 0 unspecified atom stereocenters. The Morgan fingerprint density at radius 2 is 1.50 bits per heavy atom. The van der Waals surface area contributed by atoms with E-state index >= 15 is 0 Å². The molecule has 0 fully saturated rings. The predicted molar refractivity (Wildman–Crippen MR) is 76.2 cm³/mol. The van der Waals surface area contributed by atoms with Gasteiger partial charge in [0.05, 0.1) is 13.2 Å². The molecule has 0 aromatic heterocycles. The van der Waals surface area contributed by atoms with Gasteiger partial charge in [-0.25, -0.2) is 0 Å². The maximum atomic E-state index is 11.9. The number of rotatable bonds is 7. The standard InChI is InChI=1S/C16H22O4/c1-4-19-15(17)14(16(18)20-5-2)11-12(3)13-9-7-6-8-10-13/h6-10,12,14H,4-5,11H2,1-3H3/t12-/m0/s1. The Hall–Kier alpha value is -1.84. The van der Waals surface area contributed by atoms with Gasteiger partial charge in [-0.2, -0.15) is 0 Å². The van der Waals surface area contributed by atoms with E-state index in [0.717, 1.165) is 5.56 Å². The van der Waals surface area contributed by atoms with Crippen LogP contribution in [0.3, 0.4) is 0 Å². The monoisotopic (exact) mass is 278 g/mol. The van der Waals surface area contributed by atoms with Crippen molar-refractivity contribution in [2.45, 2.75) is 33.1 Å². The largest absolute Gasteiger partial charge is 0.465 e. The third kappa shape index (κ3) is 4.68. The smallest absolute Gasteiger partial charge is 0.320 e. The molecule has 1 rings (SSSR count). The van der Waals surface area contributed by atoms with Crippen molar-refractivity contribution in [2.75, 3.05) is 13.2 Å². The number of ether oxygens (including phenoxy) is 2. The van der Waals surface area contributed by atoms with Crippen LogP contribution in [-0.2, 0) is 19.1 Å². The first kappa shape index (κ1) is 16.2. The highest BCUT2D eigenvalue weighted by Gasteiger charge is 2.31. The summed E-state index contributed by atoms with van der Waals surface area (Å²) in [5, 5.41) is 0. The fourth-order valence-electron chi connectivity index (χ4n) is 2.05. The third-order valence-corrected chi connectivity index (χ3v) is 3.10. The van der Waals surface area contributed by atoms with Crippen LogP contribution >= 0.6 is 0 Å². The quantitative estimate of drug-likeness (QED) is 0.568. The average molecular weight is 278 g/mol. The summed E-state index contributed by atoms with van der Waals surface area (Å²) in [6.45, 7) is 5.95. The van der Waals surface area contributed by atoms with Crippen molar-refractivity contribution in [1.82, 2.24) is 0 Å². The Bertz CT molecular complexity index is 409. The molecule has 0 aliphatic carbocycles. The van der Waals surface area contributed by atoms with Gasteiger partial charge in [0.15, 0.2) is 5.92 Å². The lowest BCUT2D eigenvalue weighted by molar-refractivity contribution is -0.162. The van der Waals surface area contributed by atoms with Crippen molar-refractivity contribution in [3.63, 3.8) is 0 Å². The van der Waals surface area contributed by atoms with Gasteiger partial charge >= 0.3 is 11.9 Å². The first-order valence-electron chi connectivity index (χ1n) is 6.98. The van der Waals surface area contributed by atoms with Crippen LogP contribution in [0, 0.1) is 5.92 Å². The lowest BCUT2D eigenvalue weighted by Gasteiger charge is -2.18. The Morgan fingerprint density at radius 3 is 1.95 bits per heavy atom. The molecule has 0 heterocycles. The van der Waals surface area contributed by atoms with Gasteiger partial charge in [-0.05, 0) is 31.7 Å². The maximum absolute atomic E-state index is 11.9. The van der Waals surface area contributed by atoms with Gasteiger partial charge in [0, 0.05) is 0 Å². The molecule has 1 atom stereocenters. The molecule has 4 heteroatoms. The summed E-state index contributed by atoms with van der Waals surface area (Å²) in [4.78, 5) is 23.8. The molecular weight excluding hydrogens is 256 g/mol. The predicted octanol–water partition coefficient (Wildman–Crippen LogP) is 2.92. The molecule has 0 N–H and O–H groups in total. The number of carbonyl (C=O) groups is 2. The SMILES string of the molecule is CCOC(=O)C(C[C@H](C)c1ccccc1)C(=O)OCC.